The minimum atomic E-state index is -4.07. The third-order valence-electron chi connectivity index (χ3n) is 5.40. The van der Waals surface area contributed by atoms with Gasteiger partial charge < -0.3 is 15.4 Å². The van der Waals surface area contributed by atoms with Crippen LogP contribution in [0.5, 0.6) is 5.75 Å². The molecule has 0 spiro atoms. The molecule has 1 atom stereocenters. The minimum absolute atomic E-state index is 0.0509. The smallest absolute Gasteiger partial charge is 0.262 e. The number of ether oxygens (including phenoxy) is 1. The van der Waals surface area contributed by atoms with Gasteiger partial charge in [0.2, 0.25) is 15.9 Å². The molecule has 1 saturated heterocycles. The van der Waals surface area contributed by atoms with Gasteiger partial charge in [0, 0.05) is 18.3 Å². The third kappa shape index (κ3) is 4.13. The highest BCUT2D eigenvalue weighted by molar-refractivity contribution is 7.89. The SMILES string of the molecule is Cc1ccc(NC(=O)[C@H]2CCCN2S(=O)(=O)c2cc3c(cc2Cl)NC(=O)CO3)c(C)c1. The maximum Gasteiger partial charge on any atom is 0.262 e. The van der Waals surface area contributed by atoms with Crippen molar-refractivity contribution < 1.29 is 22.7 Å². The fourth-order valence-electron chi connectivity index (χ4n) is 3.87. The largest absolute Gasteiger partial charge is 0.482 e. The van der Waals surface area contributed by atoms with Gasteiger partial charge in [-0.05, 0) is 44.4 Å². The molecule has 2 N–H and O–H groups in total. The van der Waals surface area contributed by atoms with Gasteiger partial charge in [-0.15, -0.1) is 0 Å². The maximum absolute atomic E-state index is 13.4. The van der Waals surface area contributed by atoms with Crippen molar-refractivity contribution in [3.05, 3.63) is 46.5 Å². The van der Waals surface area contributed by atoms with E-state index in [-0.39, 0.29) is 40.6 Å². The average Bonchev–Trinajstić information content (AvgIpc) is 3.20. The van der Waals surface area contributed by atoms with Crippen LogP contribution in [0.15, 0.2) is 35.2 Å². The van der Waals surface area contributed by atoms with E-state index in [1.807, 2.05) is 32.0 Å². The predicted molar refractivity (Wildman–Crippen MR) is 117 cm³/mol. The Morgan fingerprint density at radius 2 is 2.03 bits per heavy atom. The van der Waals surface area contributed by atoms with E-state index >= 15 is 0 Å². The van der Waals surface area contributed by atoms with E-state index < -0.39 is 16.1 Å². The number of benzene rings is 2. The molecule has 2 aliphatic rings. The van der Waals surface area contributed by atoms with Crippen LogP contribution >= 0.6 is 11.6 Å². The van der Waals surface area contributed by atoms with Crippen molar-refractivity contribution in [2.24, 2.45) is 0 Å². The molecule has 8 nitrogen and oxygen atoms in total. The highest BCUT2D eigenvalue weighted by Gasteiger charge is 2.41. The van der Waals surface area contributed by atoms with Crippen LogP contribution in [-0.4, -0.2) is 43.7 Å². The van der Waals surface area contributed by atoms with Crippen molar-refractivity contribution in [3.8, 4) is 5.75 Å². The molecule has 2 aromatic carbocycles. The first kappa shape index (κ1) is 21.6. The number of sulfonamides is 1. The van der Waals surface area contributed by atoms with E-state index in [0.717, 1.165) is 11.1 Å². The fourth-order valence-corrected chi connectivity index (χ4v) is 6.04. The van der Waals surface area contributed by atoms with Crippen LogP contribution in [-0.2, 0) is 19.6 Å². The number of hydrogen-bond donors (Lipinski definition) is 2. The van der Waals surface area contributed by atoms with E-state index in [4.69, 9.17) is 16.3 Å². The predicted octanol–water partition coefficient (Wildman–Crippen LogP) is 3.08. The molecular formula is C21H22ClN3O5S. The van der Waals surface area contributed by atoms with Gasteiger partial charge in [0.1, 0.15) is 16.7 Å². The van der Waals surface area contributed by atoms with E-state index in [9.17, 15) is 18.0 Å². The normalized spacial score (nSPS) is 18.8. The van der Waals surface area contributed by atoms with Crippen LogP contribution in [0, 0.1) is 13.8 Å². The number of fused-ring (bicyclic) bond motifs is 1. The summed E-state index contributed by atoms with van der Waals surface area (Å²) in [4.78, 5) is 24.3. The van der Waals surface area contributed by atoms with Gasteiger partial charge in [-0.2, -0.15) is 4.31 Å². The van der Waals surface area contributed by atoms with Crippen molar-refractivity contribution in [2.45, 2.75) is 37.6 Å². The zero-order valence-corrected chi connectivity index (χ0v) is 18.6. The van der Waals surface area contributed by atoms with Crippen LogP contribution < -0.4 is 15.4 Å². The van der Waals surface area contributed by atoms with Crippen molar-refractivity contribution >= 4 is 44.8 Å². The Morgan fingerprint density at radius 3 is 2.77 bits per heavy atom. The van der Waals surface area contributed by atoms with E-state index in [1.165, 1.54) is 16.4 Å². The van der Waals surface area contributed by atoms with Gasteiger partial charge in [0.15, 0.2) is 6.61 Å². The molecule has 10 heteroatoms. The van der Waals surface area contributed by atoms with Crippen molar-refractivity contribution in [1.29, 1.82) is 0 Å². The number of anilines is 2. The molecule has 2 aromatic rings. The lowest BCUT2D eigenvalue weighted by molar-refractivity contribution is -0.119. The molecule has 0 aliphatic carbocycles. The first-order chi connectivity index (χ1) is 14.7. The van der Waals surface area contributed by atoms with Crippen LogP contribution in [0.25, 0.3) is 0 Å². The van der Waals surface area contributed by atoms with E-state index in [0.29, 0.717) is 24.2 Å². The zero-order chi connectivity index (χ0) is 22.3. The van der Waals surface area contributed by atoms with Gasteiger partial charge in [0.25, 0.3) is 5.91 Å². The first-order valence-electron chi connectivity index (χ1n) is 9.83. The van der Waals surface area contributed by atoms with E-state index in [2.05, 4.69) is 10.6 Å². The van der Waals surface area contributed by atoms with Gasteiger partial charge in [-0.1, -0.05) is 29.3 Å². The quantitative estimate of drug-likeness (QED) is 0.725. The number of hydrogen-bond acceptors (Lipinski definition) is 5. The average molecular weight is 464 g/mol. The molecule has 164 valence electrons. The molecule has 1 fully saturated rings. The number of amides is 2. The van der Waals surface area contributed by atoms with Gasteiger partial charge in [-0.25, -0.2) is 8.42 Å². The molecule has 2 heterocycles. The molecule has 0 saturated carbocycles. The molecule has 2 amide bonds. The lowest BCUT2D eigenvalue weighted by atomic mass is 10.1. The molecule has 4 rings (SSSR count). The summed E-state index contributed by atoms with van der Waals surface area (Å²) in [5, 5.41) is 5.39. The maximum atomic E-state index is 13.4. The summed E-state index contributed by atoms with van der Waals surface area (Å²) < 4.78 is 33.3. The van der Waals surface area contributed by atoms with Crippen LogP contribution in [0.1, 0.15) is 24.0 Å². The summed E-state index contributed by atoms with van der Waals surface area (Å²) in [6.07, 6.45) is 0.963. The van der Waals surface area contributed by atoms with Crippen LogP contribution in [0.3, 0.4) is 0 Å². The topological polar surface area (TPSA) is 105 Å². The lowest BCUT2D eigenvalue weighted by Crippen LogP contribution is -2.43. The molecule has 0 aromatic heterocycles. The van der Waals surface area contributed by atoms with Crippen molar-refractivity contribution in [1.82, 2.24) is 4.31 Å². The molecule has 0 radical (unpaired) electrons. The Balaban J connectivity index is 1.62. The minimum Gasteiger partial charge on any atom is -0.482 e. The zero-order valence-electron chi connectivity index (χ0n) is 17.1. The summed E-state index contributed by atoms with van der Waals surface area (Å²) in [5.41, 5.74) is 2.93. The second-order valence-corrected chi connectivity index (χ2v) is 9.96. The molecule has 0 bridgehead atoms. The molecular weight excluding hydrogens is 442 g/mol. The monoisotopic (exact) mass is 463 g/mol. The number of halogens is 1. The first-order valence-corrected chi connectivity index (χ1v) is 11.6. The Hall–Kier alpha value is -2.62. The van der Waals surface area contributed by atoms with Crippen LogP contribution in [0.4, 0.5) is 11.4 Å². The summed E-state index contributed by atoms with van der Waals surface area (Å²) >= 11 is 6.25. The van der Waals surface area contributed by atoms with Crippen molar-refractivity contribution in [2.75, 3.05) is 23.8 Å². The van der Waals surface area contributed by atoms with Crippen LogP contribution in [0.2, 0.25) is 5.02 Å². The number of aryl methyl sites for hydroxylation is 2. The summed E-state index contributed by atoms with van der Waals surface area (Å²) in [6.45, 7) is 3.84. The summed E-state index contributed by atoms with van der Waals surface area (Å²) in [7, 11) is -4.07. The number of nitrogens with one attached hydrogen (secondary N) is 2. The lowest BCUT2D eigenvalue weighted by Gasteiger charge is -2.25. The summed E-state index contributed by atoms with van der Waals surface area (Å²) in [5.74, 6) is -0.509. The Labute approximate surface area is 185 Å². The van der Waals surface area contributed by atoms with E-state index in [1.54, 1.807) is 0 Å². The number of carbonyl (C=O) groups excluding carboxylic acids is 2. The highest BCUT2D eigenvalue weighted by Crippen LogP contribution is 2.38. The molecule has 0 unspecified atom stereocenters. The fraction of sp³-hybridized carbons (Fsp3) is 0.333. The number of rotatable bonds is 4. The highest BCUT2D eigenvalue weighted by atomic mass is 35.5. The second-order valence-electron chi connectivity index (χ2n) is 7.70. The number of carbonyl (C=O) groups is 2. The number of nitrogens with zero attached hydrogens (tertiary/aromatic N) is 1. The standard InChI is InChI=1S/C21H22ClN3O5S/c1-12-5-6-15(13(2)8-12)24-21(27)17-4-3-7-25(17)31(28,29)19-10-18-16(9-14(19)22)23-20(26)11-30-18/h5-6,8-10,17H,3-4,7,11H2,1-2H3,(H,23,26)(H,24,27)/t17-/m1/s1. The van der Waals surface area contributed by atoms with Gasteiger partial charge in [0.05, 0.1) is 10.7 Å². The third-order valence-corrected chi connectivity index (χ3v) is 7.77. The Kier molecular flexibility index (Phi) is 5.67. The van der Waals surface area contributed by atoms with Crippen molar-refractivity contribution in [3.63, 3.8) is 0 Å². The molecule has 2 aliphatic heterocycles. The summed E-state index contributed by atoms with van der Waals surface area (Å²) in [6, 6.07) is 7.44. The van der Waals surface area contributed by atoms with Gasteiger partial charge in [-0.3, -0.25) is 9.59 Å². The van der Waals surface area contributed by atoms with Gasteiger partial charge >= 0.3 is 0 Å². The Bertz CT molecular complexity index is 1180. The Morgan fingerprint density at radius 1 is 1.26 bits per heavy atom. The second kappa shape index (κ2) is 8.14. The molecule has 31 heavy (non-hydrogen) atoms.